The number of benzene rings is 1. The summed E-state index contributed by atoms with van der Waals surface area (Å²) in [4.78, 5) is 11.6. The Morgan fingerprint density at radius 3 is 3.05 bits per heavy atom. The highest BCUT2D eigenvalue weighted by Crippen LogP contribution is 2.34. The van der Waals surface area contributed by atoms with Gasteiger partial charge in [-0.25, -0.2) is 5.43 Å². The Morgan fingerprint density at radius 2 is 2.38 bits per heavy atom. The summed E-state index contributed by atoms with van der Waals surface area (Å²) in [6.45, 7) is 2.18. The monoisotopic (exact) mass is 308 g/mol. The number of furan rings is 1. The smallest absolute Gasteiger partial charge is 0.307 e. The Balaban J connectivity index is 2.08. The number of phenols is 1. The number of ether oxygens (including phenoxy) is 1. The number of halogens is 1. The Hall–Kier alpha value is -2.47. The predicted molar refractivity (Wildman–Crippen MR) is 78.1 cm³/mol. The minimum Gasteiger partial charge on any atom is -0.503 e. The molecule has 2 rings (SSSR count). The summed E-state index contributed by atoms with van der Waals surface area (Å²) < 4.78 is 10.2. The number of hydrogen-bond donors (Lipinski definition) is 2. The molecule has 0 saturated carbocycles. The van der Waals surface area contributed by atoms with Crippen molar-refractivity contribution in [3.05, 3.63) is 46.9 Å². The zero-order valence-corrected chi connectivity index (χ0v) is 11.9. The molecular weight excluding hydrogens is 296 g/mol. The van der Waals surface area contributed by atoms with Crippen molar-refractivity contribution in [3.8, 4) is 11.5 Å². The summed E-state index contributed by atoms with van der Waals surface area (Å²) in [6, 6.07) is 6.19. The van der Waals surface area contributed by atoms with Crippen LogP contribution in [0.15, 0.2) is 40.0 Å². The molecule has 1 aromatic carbocycles. The molecule has 1 aromatic heterocycles. The molecule has 0 aliphatic carbocycles. The molecule has 0 aliphatic rings. The highest BCUT2D eigenvalue weighted by molar-refractivity contribution is 6.32. The summed E-state index contributed by atoms with van der Waals surface area (Å²) in [5.74, 6) is -0.184. The topological polar surface area (TPSA) is 84.1 Å². The third-order valence-electron chi connectivity index (χ3n) is 2.48. The second kappa shape index (κ2) is 6.81. The van der Waals surface area contributed by atoms with Crippen LogP contribution in [0.4, 0.5) is 0 Å². The second-order valence-corrected chi connectivity index (χ2v) is 4.37. The van der Waals surface area contributed by atoms with Crippen LogP contribution in [-0.2, 0) is 0 Å². The summed E-state index contributed by atoms with van der Waals surface area (Å²) in [5, 5.41) is 13.6. The summed E-state index contributed by atoms with van der Waals surface area (Å²) in [6.07, 6.45) is 2.78. The van der Waals surface area contributed by atoms with Gasteiger partial charge in [-0.15, -0.1) is 0 Å². The normalized spacial score (nSPS) is 10.8. The molecule has 1 heterocycles. The van der Waals surface area contributed by atoms with Gasteiger partial charge in [0.25, 0.3) is 0 Å². The second-order valence-electron chi connectivity index (χ2n) is 3.96. The van der Waals surface area contributed by atoms with E-state index in [1.165, 1.54) is 24.6 Å². The number of nitrogens with zero attached hydrogens (tertiary/aromatic N) is 1. The quantitative estimate of drug-likeness (QED) is 0.657. The lowest BCUT2D eigenvalue weighted by Crippen LogP contribution is -2.16. The van der Waals surface area contributed by atoms with Gasteiger partial charge in [-0.05, 0) is 36.8 Å². The summed E-state index contributed by atoms with van der Waals surface area (Å²) in [7, 11) is 0. The number of aromatic hydroxyl groups is 1. The molecule has 0 unspecified atom stereocenters. The van der Waals surface area contributed by atoms with Crippen molar-refractivity contribution >= 4 is 23.7 Å². The maximum Gasteiger partial charge on any atom is 0.307 e. The fourth-order valence-corrected chi connectivity index (χ4v) is 1.78. The average molecular weight is 309 g/mol. The Morgan fingerprint density at radius 1 is 1.57 bits per heavy atom. The lowest BCUT2D eigenvalue weighted by Gasteiger charge is -2.08. The summed E-state index contributed by atoms with van der Waals surface area (Å²) in [5.41, 5.74) is 2.88. The molecule has 2 N–H and O–H groups in total. The van der Waals surface area contributed by atoms with Crippen LogP contribution in [0, 0.1) is 0 Å². The number of nitrogens with one attached hydrogen (secondary N) is 1. The predicted octanol–water partition coefficient (Wildman–Crippen LogP) is 2.80. The van der Waals surface area contributed by atoms with Gasteiger partial charge in [0.1, 0.15) is 0 Å². The van der Waals surface area contributed by atoms with E-state index in [9.17, 15) is 9.90 Å². The van der Waals surface area contributed by atoms with E-state index in [1.807, 2.05) is 0 Å². The van der Waals surface area contributed by atoms with E-state index in [2.05, 4.69) is 10.5 Å². The molecular formula is C14H13ClN2O4. The van der Waals surface area contributed by atoms with Gasteiger partial charge in [0.05, 0.1) is 24.1 Å². The largest absolute Gasteiger partial charge is 0.503 e. The lowest BCUT2D eigenvalue weighted by atomic mass is 10.2. The van der Waals surface area contributed by atoms with Gasteiger partial charge in [0, 0.05) is 0 Å². The van der Waals surface area contributed by atoms with E-state index in [0.29, 0.717) is 12.2 Å². The van der Waals surface area contributed by atoms with E-state index in [-0.39, 0.29) is 22.3 Å². The minimum absolute atomic E-state index is 0.129. The van der Waals surface area contributed by atoms with Gasteiger partial charge in [-0.1, -0.05) is 11.6 Å². The first-order valence-corrected chi connectivity index (χ1v) is 6.51. The first kappa shape index (κ1) is 14.9. The zero-order chi connectivity index (χ0) is 15.2. The van der Waals surface area contributed by atoms with E-state index in [4.69, 9.17) is 20.8 Å². The van der Waals surface area contributed by atoms with Crippen molar-refractivity contribution in [1.29, 1.82) is 0 Å². The number of carbonyl (C=O) groups is 1. The Bertz CT molecular complexity index is 653. The van der Waals surface area contributed by atoms with Crippen LogP contribution in [0.2, 0.25) is 5.02 Å². The number of hydrazone groups is 1. The lowest BCUT2D eigenvalue weighted by molar-refractivity contribution is 0.0927. The standard InChI is InChI=1S/C14H13ClN2O4/c1-2-20-12-7-9(6-10(15)13(12)18)8-16-17-14(19)11-4-3-5-21-11/h3-8,18H,2H2,1H3,(H,17,19)/b16-8+. The van der Waals surface area contributed by atoms with E-state index < -0.39 is 5.91 Å². The number of carbonyl (C=O) groups excluding carboxylic acids is 1. The molecule has 2 aromatic rings. The van der Waals surface area contributed by atoms with Crippen molar-refractivity contribution in [2.75, 3.05) is 6.61 Å². The van der Waals surface area contributed by atoms with Gasteiger partial charge in [-0.3, -0.25) is 4.79 Å². The molecule has 7 heteroatoms. The van der Waals surface area contributed by atoms with Crippen molar-refractivity contribution in [2.24, 2.45) is 5.10 Å². The fourth-order valence-electron chi connectivity index (χ4n) is 1.56. The maximum absolute atomic E-state index is 11.6. The van der Waals surface area contributed by atoms with Crippen LogP contribution < -0.4 is 10.2 Å². The third kappa shape index (κ3) is 3.76. The first-order valence-electron chi connectivity index (χ1n) is 6.14. The number of hydrogen-bond acceptors (Lipinski definition) is 5. The molecule has 0 atom stereocenters. The molecule has 1 amide bonds. The van der Waals surface area contributed by atoms with Crippen LogP contribution in [-0.4, -0.2) is 23.8 Å². The molecule has 21 heavy (non-hydrogen) atoms. The highest BCUT2D eigenvalue weighted by Gasteiger charge is 2.09. The van der Waals surface area contributed by atoms with Crippen molar-refractivity contribution in [2.45, 2.75) is 6.92 Å². The van der Waals surface area contributed by atoms with Crippen molar-refractivity contribution in [3.63, 3.8) is 0 Å². The SMILES string of the molecule is CCOc1cc(/C=N/NC(=O)c2ccco2)cc(Cl)c1O. The molecule has 0 aliphatic heterocycles. The van der Waals surface area contributed by atoms with Gasteiger partial charge < -0.3 is 14.3 Å². The zero-order valence-electron chi connectivity index (χ0n) is 11.2. The molecule has 110 valence electrons. The fraction of sp³-hybridized carbons (Fsp3) is 0.143. The van der Waals surface area contributed by atoms with Gasteiger partial charge >= 0.3 is 5.91 Å². The van der Waals surface area contributed by atoms with Crippen LogP contribution >= 0.6 is 11.6 Å². The number of phenolic OH excluding ortho intramolecular Hbond substituents is 1. The third-order valence-corrected chi connectivity index (χ3v) is 2.76. The summed E-state index contributed by atoms with van der Waals surface area (Å²) >= 11 is 5.88. The van der Waals surface area contributed by atoms with E-state index in [0.717, 1.165) is 0 Å². The van der Waals surface area contributed by atoms with Gasteiger partial charge in [-0.2, -0.15) is 5.10 Å². The van der Waals surface area contributed by atoms with Crippen LogP contribution in [0.1, 0.15) is 23.0 Å². The molecule has 0 radical (unpaired) electrons. The molecule has 0 spiro atoms. The van der Waals surface area contributed by atoms with Crippen LogP contribution in [0.5, 0.6) is 11.5 Å². The van der Waals surface area contributed by atoms with E-state index in [1.54, 1.807) is 19.1 Å². The average Bonchev–Trinajstić information content (AvgIpc) is 2.98. The molecule has 6 nitrogen and oxygen atoms in total. The van der Waals surface area contributed by atoms with Gasteiger partial charge in [0.15, 0.2) is 17.3 Å². The number of amides is 1. The first-order chi connectivity index (χ1) is 10.1. The molecule has 0 saturated heterocycles. The molecule has 0 bridgehead atoms. The minimum atomic E-state index is -0.467. The highest BCUT2D eigenvalue weighted by atomic mass is 35.5. The van der Waals surface area contributed by atoms with Crippen LogP contribution in [0.3, 0.4) is 0 Å². The number of rotatable bonds is 5. The Kier molecular flexibility index (Phi) is 4.84. The molecule has 0 fully saturated rings. The Labute approximate surface area is 126 Å². The van der Waals surface area contributed by atoms with Gasteiger partial charge in [0.2, 0.25) is 0 Å². The van der Waals surface area contributed by atoms with Crippen molar-refractivity contribution < 1.29 is 19.1 Å². The maximum atomic E-state index is 11.6. The van der Waals surface area contributed by atoms with Crippen LogP contribution in [0.25, 0.3) is 0 Å². The van der Waals surface area contributed by atoms with Crippen molar-refractivity contribution in [1.82, 2.24) is 5.43 Å². The van der Waals surface area contributed by atoms with E-state index >= 15 is 0 Å².